The van der Waals surface area contributed by atoms with Gasteiger partial charge >= 0.3 is 6.09 Å². The highest BCUT2D eigenvalue weighted by atomic mass is 16.6. The first-order valence-electron chi connectivity index (χ1n) is 7.70. The van der Waals surface area contributed by atoms with Gasteiger partial charge in [-0.05, 0) is 20.8 Å². The van der Waals surface area contributed by atoms with Gasteiger partial charge in [-0.3, -0.25) is 14.9 Å². The third kappa shape index (κ3) is 3.15. The van der Waals surface area contributed by atoms with Gasteiger partial charge in [0.25, 0.3) is 11.8 Å². The van der Waals surface area contributed by atoms with Crippen LogP contribution in [0.5, 0.6) is 0 Å². The topological polar surface area (TPSA) is 105 Å². The number of carbonyl (C=O) groups excluding carboxylic acids is 3. The Morgan fingerprint density at radius 1 is 1.12 bits per heavy atom. The second-order valence-corrected chi connectivity index (χ2v) is 6.66. The van der Waals surface area contributed by atoms with Crippen LogP contribution < -0.4 is 10.2 Å². The van der Waals surface area contributed by atoms with Crippen LogP contribution in [0.3, 0.4) is 0 Å². The van der Waals surface area contributed by atoms with E-state index in [0.29, 0.717) is 32.0 Å². The number of ether oxygens (including phenoxy) is 1. The number of rotatable bonds is 1. The van der Waals surface area contributed by atoms with Gasteiger partial charge in [-0.25, -0.2) is 14.8 Å². The first-order chi connectivity index (χ1) is 11.2. The Labute approximate surface area is 139 Å². The van der Waals surface area contributed by atoms with Crippen molar-refractivity contribution in [3.63, 3.8) is 0 Å². The van der Waals surface area contributed by atoms with E-state index in [0.717, 1.165) is 0 Å². The summed E-state index contributed by atoms with van der Waals surface area (Å²) in [6.45, 7) is 7.54. The zero-order valence-electron chi connectivity index (χ0n) is 13.8. The van der Waals surface area contributed by atoms with Crippen molar-refractivity contribution < 1.29 is 19.1 Å². The van der Waals surface area contributed by atoms with Crippen LogP contribution in [0.4, 0.5) is 10.6 Å². The molecule has 1 aromatic heterocycles. The average molecular weight is 333 g/mol. The van der Waals surface area contributed by atoms with Gasteiger partial charge in [-0.1, -0.05) is 0 Å². The largest absolute Gasteiger partial charge is 0.444 e. The molecule has 0 aliphatic carbocycles. The summed E-state index contributed by atoms with van der Waals surface area (Å²) >= 11 is 0. The van der Waals surface area contributed by atoms with Crippen molar-refractivity contribution in [1.82, 2.24) is 20.2 Å². The molecule has 0 spiro atoms. The number of anilines is 1. The van der Waals surface area contributed by atoms with Gasteiger partial charge in [-0.2, -0.15) is 0 Å². The van der Waals surface area contributed by atoms with Crippen LogP contribution in [0.15, 0.2) is 6.20 Å². The molecule has 1 saturated heterocycles. The van der Waals surface area contributed by atoms with Gasteiger partial charge < -0.3 is 14.5 Å². The fourth-order valence-corrected chi connectivity index (χ4v) is 2.52. The summed E-state index contributed by atoms with van der Waals surface area (Å²) in [4.78, 5) is 47.0. The van der Waals surface area contributed by atoms with E-state index in [-0.39, 0.29) is 17.5 Å². The highest BCUT2D eigenvalue weighted by molar-refractivity contribution is 6.19. The number of nitrogens with zero attached hydrogens (tertiary/aromatic N) is 4. The van der Waals surface area contributed by atoms with Gasteiger partial charge in [-0.15, -0.1) is 0 Å². The van der Waals surface area contributed by atoms with E-state index in [1.54, 1.807) is 4.90 Å². The lowest BCUT2D eigenvalue weighted by Crippen LogP contribution is -2.50. The SMILES string of the molecule is CC(C)(C)OC(=O)N1CCN(c2cnc3c(n2)C(=O)NC3=O)CC1. The van der Waals surface area contributed by atoms with Crippen LogP contribution in [0.1, 0.15) is 41.7 Å². The molecule has 0 atom stereocenters. The summed E-state index contributed by atoms with van der Waals surface area (Å²) in [6, 6.07) is 0. The lowest BCUT2D eigenvalue weighted by Gasteiger charge is -2.36. The van der Waals surface area contributed by atoms with Gasteiger partial charge in [0.05, 0.1) is 6.20 Å². The van der Waals surface area contributed by atoms with Crippen molar-refractivity contribution in [3.05, 3.63) is 17.6 Å². The van der Waals surface area contributed by atoms with E-state index in [1.165, 1.54) is 6.20 Å². The van der Waals surface area contributed by atoms with Crippen molar-refractivity contribution >= 4 is 23.7 Å². The second kappa shape index (κ2) is 5.73. The van der Waals surface area contributed by atoms with Crippen LogP contribution in [0.2, 0.25) is 0 Å². The molecule has 0 saturated carbocycles. The summed E-state index contributed by atoms with van der Waals surface area (Å²) < 4.78 is 5.35. The molecule has 3 heterocycles. The van der Waals surface area contributed by atoms with Crippen LogP contribution >= 0.6 is 0 Å². The van der Waals surface area contributed by atoms with Gasteiger partial charge in [0.2, 0.25) is 0 Å². The Kier molecular flexibility index (Phi) is 3.86. The predicted molar refractivity (Wildman–Crippen MR) is 83.8 cm³/mol. The maximum atomic E-state index is 12.1. The number of carbonyl (C=O) groups is 3. The number of imide groups is 1. The van der Waals surface area contributed by atoms with Crippen molar-refractivity contribution in [2.75, 3.05) is 31.1 Å². The summed E-state index contributed by atoms with van der Waals surface area (Å²) in [7, 11) is 0. The van der Waals surface area contributed by atoms with Crippen molar-refractivity contribution in [2.24, 2.45) is 0 Å². The van der Waals surface area contributed by atoms with Crippen molar-refractivity contribution in [2.45, 2.75) is 26.4 Å². The molecule has 0 unspecified atom stereocenters. The molecule has 2 aliphatic rings. The molecule has 1 aromatic rings. The molecule has 2 aliphatic heterocycles. The molecule has 9 heteroatoms. The van der Waals surface area contributed by atoms with Crippen LogP contribution in [-0.4, -0.2) is 64.6 Å². The standard InChI is InChI=1S/C15H19N5O4/c1-15(2,3)24-14(23)20-6-4-19(5-7-20)9-8-16-10-11(17-9)13(22)18-12(10)21/h8H,4-7H2,1-3H3,(H,18,21,22). The quantitative estimate of drug-likeness (QED) is 0.742. The highest BCUT2D eigenvalue weighted by Gasteiger charge is 2.32. The van der Waals surface area contributed by atoms with E-state index >= 15 is 0 Å². The lowest BCUT2D eigenvalue weighted by molar-refractivity contribution is 0.0240. The molecular formula is C15H19N5O4. The number of hydrogen-bond donors (Lipinski definition) is 1. The fourth-order valence-electron chi connectivity index (χ4n) is 2.52. The van der Waals surface area contributed by atoms with Crippen LogP contribution in [0, 0.1) is 0 Å². The van der Waals surface area contributed by atoms with Crippen molar-refractivity contribution in [3.8, 4) is 0 Å². The molecule has 3 amide bonds. The summed E-state index contributed by atoms with van der Waals surface area (Å²) in [5.41, 5.74) is -0.428. The number of hydrogen-bond acceptors (Lipinski definition) is 7. The molecule has 1 fully saturated rings. The van der Waals surface area contributed by atoms with Gasteiger partial charge in [0.1, 0.15) is 11.4 Å². The van der Waals surface area contributed by atoms with E-state index in [2.05, 4.69) is 15.3 Å². The first kappa shape index (κ1) is 16.2. The maximum absolute atomic E-state index is 12.1. The number of fused-ring (bicyclic) bond motifs is 1. The molecule has 0 bridgehead atoms. The smallest absolute Gasteiger partial charge is 0.410 e. The maximum Gasteiger partial charge on any atom is 0.410 e. The third-order valence-electron chi connectivity index (χ3n) is 3.67. The Balaban J connectivity index is 1.66. The number of piperazine rings is 1. The average Bonchev–Trinajstić information content (AvgIpc) is 2.80. The number of amides is 3. The van der Waals surface area contributed by atoms with E-state index in [4.69, 9.17) is 4.74 Å². The third-order valence-corrected chi connectivity index (χ3v) is 3.67. The van der Waals surface area contributed by atoms with Crippen LogP contribution in [-0.2, 0) is 4.74 Å². The summed E-state index contributed by atoms with van der Waals surface area (Å²) in [6.07, 6.45) is 1.13. The molecule has 24 heavy (non-hydrogen) atoms. The molecule has 1 N–H and O–H groups in total. The molecule has 3 rings (SSSR count). The van der Waals surface area contributed by atoms with Crippen LogP contribution in [0.25, 0.3) is 0 Å². The predicted octanol–water partition coefficient (Wildman–Crippen LogP) is 0.417. The Hall–Kier alpha value is -2.71. The zero-order chi connectivity index (χ0) is 17.5. The minimum atomic E-state index is -0.531. The summed E-state index contributed by atoms with van der Waals surface area (Å²) in [5, 5.41) is 2.17. The monoisotopic (exact) mass is 333 g/mol. The normalized spacial score (nSPS) is 17.6. The highest BCUT2D eigenvalue weighted by Crippen LogP contribution is 2.19. The van der Waals surface area contributed by atoms with E-state index in [1.807, 2.05) is 25.7 Å². The minimum absolute atomic E-state index is 0.0482. The number of nitrogens with one attached hydrogen (secondary N) is 1. The van der Waals surface area contributed by atoms with E-state index in [9.17, 15) is 14.4 Å². The van der Waals surface area contributed by atoms with Gasteiger partial charge in [0.15, 0.2) is 11.4 Å². The molecular weight excluding hydrogens is 314 g/mol. The Bertz CT molecular complexity index is 704. The molecule has 9 nitrogen and oxygen atoms in total. The van der Waals surface area contributed by atoms with Gasteiger partial charge in [0, 0.05) is 26.2 Å². The summed E-state index contributed by atoms with van der Waals surface area (Å²) in [5.74, 6) is -0.539. The Morgan fingerprint density at radius 2 is 1.75 bits per heavy atom. The van der Waals surface area contributed by atoms with Crippen molar-refractivity contribution in [1.29, 1.82) is 0 Å². The Morgan fingerprint density at radius 3 is 2.38 bits per heavy atom. The lowest BCUT2D eigenvalue weighted by atomic mass is 10.2. The first-order valence-corrected chi connectivity index (χ1v) is 7.70. The number of aromatic nitrogens is 2. The second-order valence-electron chi connectivity index (χ2n) is 6.66. The molecule has 128 valence electrons. The molecule has 0 aromatic carbocycles. The zero-order valence-corrected chi connectivity index (χ0v) is 13.8. The van der Waals surface area contributed by atoms with E-state index < -0.39 is 17.4 Å². The fraction of sp³-hybridized carbons (Fsp3) is 0.533. The minimum Gasteiger partial charge on any atom is -0.444 e. The molecule has 0 radical (unpaired) electrons.